The predicted octanol–water partition coefficient (Wildman–Crippen LogP) is 1.93. The first kappa shape index (κ1) is 12.6. The van der Waals surface area contributed by atoms with Gasteiger partial charge in [-0.1, -0.05) is 12.5 Å². The van der Waals surface area contributed by atoms with Crippen LogP contribution in [-0.4, -0.2) is 39.1 Å². The highest BCUT2D eigenvalue weighted by Crippen LogP contribution is 2.26. The topological polar surface area (TPSA) is 40.8 Å². The molecule has 4 heteroatoms. The van der Waals surface area contributed by atoms with Crippen molar-refractivity contribution in [3.8, 4) is 0 Å². The van der Waals surface area contributed by atoms with Crippen molar-refractivity contribution in [2.75, 3.05) is 13.6 Å². The summed E-state index contributed by atoms with van der Waals surface area (Å²) in [5.74, 6) is 0.434. The minimum Gasteiger partial charge on any atom is -0.393 e. The molecule has 0 aliphatic heterocycles. The van der Waals surface area contributed by atoms with Crippen LogP contribution in [0.1, 0.15) is 25.0 Å². The summed E-state index contributed by atoms with van der Waals surface area (Å²) in [5, 5.41) is 9.89. The van der Waals surface area contributed by atoms with Gasteiger partial charge in [-0.05, 0) is 37.9 Å². The number of hydrogen-bond acceptors (Lipinski definition) is 3. The van der Waals surface area contributed by atoms with Crippen molar-refractivity contribution in [3.05, 3.63) is 36.3 Å². The molecule has 1 saturated carbocycles. The Labute approximate surface area is 113 Å². The van der Waals surface area contributed by atoms with Crippen LogP contribution in [0.5, 0.6) is 0 Å². The van der Waals surface area contributed by atoms with Crippen molar-refractivity contribution in [1.82, 2.24) is 14.3 Å². The molecular formula is C15H21N3O. The van der Waals surface area contributed by atoms with Crippen LogP contribution < -0.4 is 0 Å². The molecule has 1 aliphatic rings. The molecule has 2 unspecified atom stereocenters. The zero-order valence-electron chi connectivity index (χ0n) is 11.4. The summed E-state index contributed by atoms with van der Waals surface area (Å²) in [6, 6.07) is 6.05. The van der Waals surface area contributed by atoms with E-state index in [9.17, 15) is 5.11 Å². The highest BCUT2D eigenvalue weighted by Gasteiger charge is 2.26. The first-order valence-corrected chi connectivity index (χ1v) is 7.01. The van der Waals surface area contributed by atoms with Crippen molar-refractivity contribution in [3.63, 3.8) is 0 Å². The summed E-state index contributed by atoms with van der Waals surface area (Å²) >= 11 is 0. The van der Waals surface area contributed by atoms with Gasteiger partial charge in [0.15, 0.2) is 0 Å². The largest absolute Gasteiger partial charge is 0.393 e. The fourth-order valence-electron chi connectivity index (χ4n) is 3.07. The number of imidazole rings is 1. The highest BCUT2D eigenvalue weighted by atomic mass is 16.3. The molecule has 2 heterocycles. The lowest BCUT2D eigenvalue weighted by Crippen LogP contribution is -2.29. The second-order valence-corrected chi connectivity index (χ2v) is 5.63. The fraction of sp³-hybridized carbons (Fsp3) is 0.533. The molecule has 0 bridgehead atoms. The zero-order valence-corrected chi connectivity index (χ0v) is 11.4. The Hall–Kier alpha value is -1.39. The number of aliphatic hydroxyl groups excluding tert-OH is 1. The third-order valence-corrected chi connectivity index (χ3v) is 4.09. The first-order valence-electron chi connectivity index (χ1n) is 7.01. The maximum Gasteiger partial charge on any atom is 0.136 e. The summed E-state index contributed by atoms with van der Waals surface area (Å²) < 4.78 is 2.13. The lowest BCUT2D eigenvalue weighted by molar-refractivity contribution is 0.107. The lowest BCUT2D eigenvalue weighted by Gasteiger charge is -2.22. The van der Waals surface area contributed by atoms with Gasteiger partial charge in [0.2, 0.25) is 0 Å². The Morgan fingerprint density at radius 2 is 2.32 bits per heavy atom. The van der Waals surface area contributed by atoms with E-state index in [1.165, 1.54) is 5.69 Å². The molecule has 1 N–H and O–H groups in total. The zero-order chi connectivity index (χ0) is 13.2. The third kappa shape index (κ3) is 2.65. The van der Waals surface area contributed by atoms with Crippen LogP contribution in [-0.2, 0) is 6.54 Å². The molecule has 1 aliphatic carbocycles. The second-order valence-electron chi connectivity index (χ2n) is 5.63. The molecule has 3 rings (SSSR count). The van der Waals surface area contributed by atoms with Crippen molar-refractivity contribution >= 4 is 5.65 Å². The van der Waals surface area contributed by atoms with Crippen molar-refractivity contribution < 1.29 is 5.11 Å². The van der Waals surface area contributed by atoms with Crippen molar-refractivity contribution in [1.29, 1.82) is 0 Å². The van der Waals surface area contributed by atoms with Crippen LogP contribution in [0.4, 0.5) is 0 Å². The average molecular weight is 259 g/mol. The molecule has 0 amide bonds. The Balaban J connectivity index is 1.67. The maximum atomic E-state index is 9.89. The molecule has 102 valence electrons. The van der Waals surface area contributed by atoms with E-state index >= 15 is 0 Å². The van der Waals surface area contributed by atoms with E-state index in [0.29, 0.717) is 5.92 Å². The van der Waals surface area contributed by atoms with Gasteiger partial charge in [-0.25, -0.2) is 4.98 Å². The number of nitrogens with zero attached hydrogens (tertiary/aromatic N) is 3. The Bertz CT molecular complexity index is 551. The van der Waals surface area contributed by atoms with Gasteiger partial charge in [-0.2, -0.15) is 0 Å². The maximum absolute atomic E-state index is 9.89. The molecule has 2 atom stereocenters. The minimum absolute atomic E-state index is 0.107. The molecule has 0 spiro atoms. The van der Waals surface area contributed by atoms with Crippen LogP contribution in [0.15, 0.2) is 30.6 Å². The average Bonchev–Trinajstić information content (AvgIpc) is 2.98. The van der Waals surface area contributed by atoms with Crippen LogP contribution in [0.25, 0.3) is 5.65 Å². The van der Waals surface area contributed by atoms with Crippen molar-refractivity contribution in [2.24, 2.45) is 5.92 Å². The van der Waals surface area contributed by atoms with Gasteiger partial charge in [-0.3, -0.25) is 0 Å². The molecular weight excluding hydrogens is 238 g/mol. The Morgan fingerprint density at radius 3 is 3.11 bits per heavy atom. The number of aromatic nitrogens is 2. The monoisotopic (exact) mass is 259 g/mol. The van der Waals surface area contributed by atoms with Gasteiger partial charge in [-0.15, -0.1) is 0 Å². The second kappa shape index (κ2) is 5.31. The van der Waals surface area contributed by atoms with E-state index in [1.54, 1.807) is 0 Å². The predicted molar refractivity (Wildman–Crippen MR) is 74.9 cm³/mol. The van der Waals surface area contributed by atoms with E-state index in [1.807, 2.05) is 24.4 Å². The number of rotatable bonds is 4. The first-order chi connectivity index (χ1) is 9.24. The lowest BCUT2D eigenvalue weighted by atomic mass is 10.1. The van der Waals surface area contributed by atoms with Gasteiger partial charge >= 0.3 is 0 Å². The van der Waals surface area contributed by atoms with Gasteiger partial charge in [0.05, 0.1) is 18.0 Å². The number of pyridine rings is 1. The van der Waals surface area contributed by atoms with E-state index in [0.717, 1.165) is 38.0 Å². The van der Waals surface area contributed by atoms with Crippen LogP contribution in [0, 0.1) is 5.92 Å². The number of aliphatic hydroxyl groups is 1. The normalized spacial score (nSPS) is 23.5. The SMILES string of the molecule is CN(Cc1cnc2ccccn12)CC1CCCC1O. The van der Waals surface area contributed by atoms with Gasteiger partial charge < -0.3 is 14.4 Å². The highest BCUT2D eigenvalue weighted by molar-refractivity contribution is 5.39. The van der Waals surface area contributed by atoms with Gasteiger partial charge in [0.1, 0.15) is 5.65 Å². The summed E-state index contributed by atoms with van der Waals surface area (Å²) in [6.07, 6.45) is 7.17. The fourth-order valence-corrected chi connectivity index (χ4v) is 3.07. The van der Waals surface area contributed by atoms with Gasteiger partial charge in [0.25, 0.3) is 0 Å². The van der Waals surface area contributed by atoms with E-state index < -0.39 is 0 Å². The smallest absolute Gasteiger partial charge is 0.136 e. The Morgan fingerprint density at radius 1 is 1.42 bits per heavy atom. The van der Waals surface area contributed by atoms with E-state index in [2.05, 4.69) is 27.5 Å². The quantitative estimate of drug-likeness (QED) is 0.912. The molecule has 0 radical (unpaired) electrons. The standard InChI is InChI=1S/C15H21N3O/c1-17(10-12-5-4-6-14(12)19)11-13-9-16-15-7-2-3-8-18(13)15/h2-3,7-9,12,14,19H,4-6,10-11H2,1H3. The van der Waals surface area contributed by atoms with E-state index in [4.69, 9.17) is 0 Å². The summed E-state index contributed by atoms with van der Waals surface area (Å²) in [7, 11) is 2.12. The van der Waals surface area contributed by atoms with Gasteiger partial charge in [0, 0.05) is 19.3 Å². The molecule has 1 fully saturated rings. The van der Waals surface area contributed by atoms with Crippen LogP contribution in [0.3, 0.4) is 0 Å². The molecule has 19 heavy (non-hydrogen) atoms. The van der Waals surface area contributed by atoms with E-state index in [-0.39, 0.29) is 6.10 Å². The summed E-state index contributed by atoms with van der Waals surface area (Å²) in [5.41, 5.74) is 2.19. The molecule has 2 aromatic rings. The van der Waals surface area contributed by atoms with Crippen LogP contribution >= 0.6 is 0 Å². The number of hydrogen-bond donors (Lipinski definition) is 1. The molecule has 0 saturated heterocycles. The minimum atomic E-state index is -0.107. The summed E-state index contributed by atoms with van der Waals surface area (Å²) in [4.78, 5) is 6.69. The molecule has 4 nitrogen and oxygen atoms in total. The molecule has 0 aromatic carbocycles. The third-order valence-electron chi connectivity index (χ3n) is 4.09. The van der Waals surface area contributed by atoms with Crippen molar-refractivity contribution in [2.45, 2.75) is 31.9 Å². The molecule has 2 aromatic heterocycles. The Kier molecular flexibility index (Phi) is 3.53. The van der Waals surface area contributed by atoms with Crippen LogP contribution in [0.2, 0.25) is 0 Å². The number of fused-ring (bicyclic) bond motifs is 1. The summed E-state index contributed by atoms with van der Waals surface area (Å²) in [6.45, 7) is 1.83.